The van der Waals surface area contributed by atoms with Crippen molar-refractivity contribution >= 4 is 52.5 Å². The van der Waals surface area contributed by atoms with Crippen LogP contribution >= 0.6 is 35.0 Å². The topological polar surface area (TPSA) is 112 Å². The normalized spacial score (nSPS) is 18.5. The summed E-state index contributed by atoms with van der Waals surface area (Å²) in [6.07, 6.45) is 3.14. The van der Waals surface area contributed by atoms with E-state index in [0.717, 1.165) is 57.3 Å². The first-order valence-corrected chi connectivity index (χ1v) is 10.9. The lowest BCUT2D eigenvalue weighted by molar-refractivity contribution is 0.133. The molecule has 156 valence electrons. The Bertz CT molecular complexity index is 999. The van der Waals surface area contributed by atoms with Gasteiger partial charge in [-0.05, 0) is 30.7 Å². The number of halogens is 2. The molecule has 0 unspecified atom stereocenters. The van der Waals surface area contributed by atoms with E-state index in [-0.39, 0.29) is 37.7 Å². The van der Waals surface area contributed by atoms with Crippen LogP contribution in [-0.4, -0.2) is 40.8 Å². The predicted octanol–water partition coefficient (Wildman–Crippen LogP) is 2.80. The number of hydrogen-bond acceptors (Lipinski definition) is 8. The fourth-order valence-corrected chi connectivity index (χ4v) is 5.30. The van der Waals surface area contributed by atoms with Crippen LogP contribution in [0.2, 0.25) is 10.2 Å². The summed E-state index contributed by atoms with van der Waals surface area (Å²) >= 11 is 13.3. The second-order valence-corrected chi connectivity index (χ2v) is 9.32. The van der Waals surface area contributed by atoms with Gasteiger partial charge in [0.25, 0.3) is 5.56 Å². The van der Waals surface area contributed by atoms with E-state index >= 15 is 0 Å². The Morgan fingerprint density at radius 2 is 1.93 bits per heavy atom. The Labute approximate surface area is 182 Å². The predicted molar refractivity (Wildman–Crippen MR) is 116 cm³/mol. The number of ether oxygens (including phenoxy) is 1. The number of nitrogen functional groups attached to an aromatic ring is 2. The maximum Gasteiger partial charge on any atom is 0.270 e. The molecule has 2 aromatic rings. The molecule has 4 N–H and O–H groups in total. The summed E-state index contributed by atoms with van der Waals surface area (Å²) in [5.74, 6) is 0.934. The van der Waals surface area contributed by atoms with Crippen molar-refractivity contribution in [2.24, 2.45) is 12.5 Å². The largest absolute Gasteiger partial charge is 0.384 e. The Balaban J connectivity index is 1.61. The summed E-state index contributed by atoms with van der Waals surface area (Å²) < 4.78 is 7.12. The van der Waals surface area contributed by atoms with E-state index in [2.05, 4.69) is 14.9 Å². The second kappa shape index (κ2) is 7.86. The van der Waals surface area contributed by atoms with Crippen LogP contribution in [0.4, 0.5) is 17.6 Å². The monoisotopic (exact) mass is 456 g/mol. The van der Waals surface area contributed by atoms with Gasteiger partial charge < -0.3 is 21.1 Å². The van der Waals surface area contributed by atoms with Crippen molar-refractivity contribution in [2.45, 2.75) is 29.1 Å². The molecule has 4 heterocycles. The highest BCUT2D eigenvalue weighted by Crippen LogP contribution is 2.41. The highest BCUT2D eigenvalue weighted by atomic mass is 35.5. The molecule has 2 saturated heterocycles. The number of rotatable bonds is 3. The first-order valence-electron chi connectivity index (χ1n) is 9.28. The van der Waals surface area contributed by atoms with E-state index in [4.69, 9.17) is 39.4 Å². The van der Waals surface area contributed by atoms with Crippen LogP contribution < -0.4 is 21.9 Å². The minimum atomic E-state index is -0.246. The van der Waals surface area contributed by atoms with Gasteiger partial charge in [-0.2, -0.15) is 4.98 Å². The highest BCUT2D eigenvalue weighted by molar-refractivity contribution is 7.99. The summed E-state index contributed by atoms with van der Waals surface area (Å²) in [6, 6.07) is 1.55. The van der Waals surface area contributed by atoms with E-state index < -0.39 is 0 Å². The third kappa shape index (κ3) is 3.88. The van der Waals surface area contributed by atoms with Crippen LogP contribution in [-0.2, 0) is 11.8 Å². The Morgan fingerprint density at radius 1 is 1.21 bits per heavy atom. The van der Waals surface area contributed by atoms with Gasteiger partial charge in [0, 0.05) is 31.6 Å². The van der Waals surface area contributed by atoms with Gasteiger partial charge in [-0.1, -0.05) is 35.0 Å². The third-order valence-electron chi connectivity index (χ3n) is 5.66. The van der Waals surface area contributed by atoms with Crippen LogP contribution in [0.25, 0.3) is 0 Å². The molecule has 0 amide bonds. The smallest absolute Gasteiger partial charge is 0.270 e. The quantitative estimate of drug-likeness (QED) is 0.677. The minimum absolute atomic E-state index is 0.0762. The van der Waals surface area contributed by atoms with Gasteiger partial charge >= 0.3 is 0 Å². The van der Waals surface area contributed by atoms with E-state index in [9.17, 15) is 4.79 Å². The lowest BCUT2D eigenvalue weighted by atomic mass is 9.78. The molecule has 0 saturated carbocycles. The number of pyridine rings is 1. The van der Waals surface area contributed by atoms with Crippen molar-refractivity contribution in [3.8, 4) is 0 Å². The minimum Gasteiger partial charge on any atom is -0.384 e. The summed E-state index contributed by atoms with van der Waals surface area (Å²) in [5, 5.41) is 0.295. The molecule has 0 aliphatic carbocycles. The highest BCUT2D eigenvalue weighted by Gasteiger charge is 2.38. The summed E-state index contributed by atoms with van der Waals surface area (Å²) in [7, 11) is 1.70. The molecular weight excluding hydrogens is 435 g/mol. The van der Waals surface area contributed by atoms with Crippen LogP contribution in [0.5, 0.6) is 0 Å². The zero-order valence-corrected chi connectivity index (χ0v) is 18.3. The lowest BCUT2D eigenvalue weighted by Crippen LogP contribution is -2.43. The molecule has 2 aliphatic heterocycles. The van der Waals surface area contributed by atoms with Crippen molar-refractivity contribution in [1.82, 2.24) is 14.5 Å². The van der Waals surface area contributed by atoms with Crippen LogP contribution in [0.15, 0.2) is 20.7 Å². The van der Waals surface area contributed by atoms with Crippen LogP contribution in [0.1, 0.15) is 19.3 Å². The first kappa shape index (κ1) is 20.6. The molecule has 0 radical (unpaired) electrons. The number of aromatic nitrogens is 3. The Kier molecular flexibility index (Phi) is 5.58. The molecule has 2 fully saturated rings. The number of anilines is 3. The molecule has 11 heteroatoms. The summed E-state index contributed by atoms with van der Waals surface area (Å²) in [5.41, 5.74) is 11.9. The van der Waals surface area contributed by atoms with E-state index in [1.807, 2.05) is 0 Å². The molecular formula is C18H22Cl2N6O2S. The summed E-state index contributed by atoms with van der Waals surface area (Å²) in [6.45, 7) is 3.29. The number of nitrogens with zero attached hydrogens (tertiary/aromatic N) is 4. The van der Waals surface area contributed by atoms with Gasteiger partial charge in [-0.15, -0.1) is 0 Å². The fraction of sp³-hybridized carbons (Fsp3) is 0.500. The maximum absolute atomic E-state index is 13.0. The van der Waals surface area contributed by atoms with E-state index in [1.165, 1.54) is 4.57 Å². The molecule has 2 aromatic heterocycles. The SMILES string of the molecule is Cn1c(N2CCC3(CCOC3)CC2)nc(N)c(Sc2cc(N)nc(Cl)c2Cl)c1=O. The van der Waals surface area contributed by atoms with Crippen molar-refractivity contribution < 1.29 is 4.74 Å². The molecule has 4 rings (SSSR count). The van der Waals surface area contributed by atoms with Crippen molar-refractivity contribution in [3.63, 3.8) is 0 Å². The lowest BCUT2D eigenvalue weighted by Gasteiger charge is -2.39. The summed E-state index contributed by atoms with van der Waals surface area (Å²) in [4.78, 5) is 24.4. The Hall–Kier alpha value is -1.68. The Morgan fingerprint density at radius 3 is 2.59 bits per heavy atom. The van der Waals surface area contributed by atoms with Crippen LogP contribution in [0.3, 0.4) is 0 Å². The molecule has 8 nitrogen and oxygen atoms in total. The zero-order chi connectivity index (χ0) is 20.8. The van der Waals surface area contributed by atoms with E-state index in [1.54, 1.807) is 13.1 Å². The van der Waals surface area contributed by atoms with Gasteiger partial charge in [-0.25, -0.2) is 4.98 Å². The average molecular weight is 457 g/mol. The second-order valence-electron chi connectivity index (χ2n) is 7.53. The van der Waals surface area contributed by atoms with Crippen LogP contribution in [0, 0.1) is 5.41 Å². The average Bonchev–Trinajstić information content (AvgIpc) is 3.14. The number of nitrogens with two attached hydrogens (primary N) is 2. The van der Waals surface area contributed by atoms with Crippen molar-refractivity contribution in [1.29, 1.82) is 0 Å². The maximum atomic E-state index is 13.0. The van der Waals surface area contributed by atoms with Crippen molar-refractivity contribution in [2.75, 3.05) is 42.7 Å². The molecule has 29 heavy (non-hydrogen) atoms. The van der Waals surface area contributed by atoms with Crippen molar-refractivity contribution in [3.05, 3.63) is 26.6 Å². The molecule has 0 aromatic carbocycles. The molecule has 1 spiro atoms. The third-order valence-corrected chi connectivity index (χ3v) is 7.65. The standard InChI is InChI=1S/C18H22Cl2N6O2S/c1-25-16(27)13(29-10-8-11(21)23-14(20)12(10)19)15(22)24-17(25)26-5-2-18(3-6-26)4-7-28-9-18/h8H,2-7,9,22H2,1H3,(H2,21,23). The van der Waals surface area contributed by atoms with Gasteiger partial charge in [0.1, 0.15) is 16.5 Å². The van der Waals surface area contributed by atoms with Gasteiger partial charge in [0.15, 0.2) is 5.15 Å². The molecule has 0 bridgehead atoms. The van der Waals surface area contributed by atoms with Gasteiger partial charge in [-0.3, -0.25) is 9.36 Å². The van der Waals surface area contributed by atoms with Gasteiger partial charge in [0.2, 0.25) is 5.95 Å². The number of piperidine rings is 1. The van der Waals surface area contributed by atoms with E-state index in [0.29, 0.717) is 10.8 Å². The first-order chi connectivity index (χ1) is 13.8. The fourth-order valence-electron chi connectivity index (χ4n) is 3.87. The van der Waals surface area contributed by atoms with Gasteiger partial charge in [0.05, 0.1) is 11.6 Å². The molecule has 2 aliphatic rings. The zero-order valence-electron chi connectivity index (χ0n) is 16.0. The molecule has 0 atom stereocenters. The number of hydrogen-bond donors (Lipinski definition) is 2.